The first-order chi connectivity index (χ1) is 14.1. The van der Waals surface area contributed by atoms with E-state index >= 15 is 0 Å². The topological polar surface area (TPSA) is 7.12 Å². The highest BCUT2D eigenvalue weighted by Crippen LogP contribution is 2.16. The Morgan fingerprint density at radius 2 is 1.23 bits per heavy atom. The van der Waals surface area contributed by atoms with Gasteiger partial charge in [0.1, 0.15) is 0 Å². The summed E-state index contributed by atoms with van der Waals surface area (Å²) < 4.78 is 3.54. The van der Waals surface area contributed by atoms with E-state index in [1.807, 2.05) is 0 Å². The molecule has 1 heterocycles. The first-order valence-corrected chi connectivity index (χ1v) is 11.5. The molecule has 2 aromatic rings. The monoisotopic (exact) mass is 553 g/mol. The summed E-state index contributed by atoms with van der Waals surface area (Å²) in [6.45, 7) is 19.5. The number of halogens is 2. The Morgan fingerprint density at radius 1 is 0.742 bits per heavy atom. The van der Waals surface area contributed by atoms with Gasteiger partial charge in [-0.2, -0.15) is 0 Å². The summed E-state index contributed by atoms with van der Waals surface area (Å²) in [5, 5.41) is 0. The third kappa shape index (κ3) is 9.07. The van der Waals surface area contributed by atoms with Crippen molar-refractivity contribution in [3.05, 3.63) is 59.9 Å². The lowest BCUT2D eigenvalue weighted by atomic mass is 10.1. The van der Waals surface area contributed by atoms with E-state index in [1.54, 1.807) is 0 Å². The van der Waals surface area contributed by atoms with Gasteiger partial charge in [0.05, 0.1) is 32.6 Å². The normalized spacial score (nSPS) is 11.1. The van der Waals surface area contributed by atoms with Crippen LogP contribution in [0.25, 0.3) is 12.2 Å². The van der Waals surface area contributed by atoms with E-state index in [1.165, 1.54) is 53.9 Å². The van der Waals surface area contributed by atoms with E-state index in [2.05, 4.69) is 105 Å². The van der Waals surface area contributed by atoms with Crippen LogP contribution < -0.4 is 43.4 Å². The first kappa shape index (κ1) is 29.8. The van der Waals surface area contributed by atoms with Gasteiger partial charge in [0.15, 0.2) is 18.9 Å². The van der Waals surface area contributed by atoms with Gasteiger partial charge in [0.25, 0.3) is 0 Å². The molecule has 0 saturated carbocycles. The predicted octanol–water partition coefficient (Wildman–Crippen LogP) is -0.735. The van der Waals surface area contributed by atoms with Crippen molar-refractivity contribution in [1.82, 2.24) is 0 Å². The van der Waals surface area contributed by atoms with Crippen LogP contribution in [0.1, 0.15) is 52.2 Å². The van der Waals surface area contributed by atoms with E-state index in [0.717, 1.165) is 19.6 Å². The number of nitrogens with zero attached hydrogens (tertiary/aromatic N) is 3. The first-order valence-electron chi connectivity index (χ1n) is 11.5. The molecule has 0 fully saturated rings. The maximum absolute atomic E-state index is 2.37. The van der Waals surface area contributed by atoms with Gasteiger partial charge in [-0.15, -0.1) is 0 Å². The molecule has 0 radical (unpaired) electrons. The number of benzene rings is 1. The van der Waals surface area contributed by atoms with Gasteiger partial charge < -0.3 is 43.3 Å². The third-order valence-electron chi connectivity index (χ3n) is 6.47. The van der Waals surface area contributed by atoms with Crippen LogP contribution in [0.2, 0.25) is 0 Å². The molecule has 0 aliphatic carbocycles. The Kier molecular flexibility index (Phi) is 15.0. The minimum absolute atomic E-state index is 0. The van der Waals surface area contributed by atoms with Crippen molar-refractivity contribution in [2.75, 3.05) is 44.2 Å². The second-order valence-electron chi connectivity index (χ2n) is 7.83. The molecule has 0 bridgehead atoms. The van der Waals surface area contributed by atoms with Crippen molar-refractivity contribution in [1.29, 1.82) is 0 Å². The smallest absolute Gasteiger partial charge is 0.169 e. The van der Waals surface area contributed by atoms with Crippen LogP contribution in [0.4, 0.5) is 5.69 Å². The van der Waals surface area contributed by atoms with E-state index in [4.69, 9.17) is 0 Å². The van der Waals surface area contributed by atoms with E-state index in [9.17, 15) is 0 Å². The van der Waals surface area contributed by atoms with Crippen LogP contribution in [0.3, 0.4) is 0 Å². The second kappa shape index (κ2) is 15.6. The van der Waals surface area contributed by atoms with E-state index < -0.39 is 0 Å². The Bertz CT molecular complexity index is 726. The third-order valence-corrected chi connectivity index (χ3v) is 6.47. The van der Waals surface area contributed by atoms with Crippen LogP contribution in [0.15, 0.2) is 48.8 Å². The average Bonchev–Trinajstić information content (AvgIpc) is 2.78. The summed E-state index contributed by atoms with van der Waals surface area (Å²) in [5.74, 6) is 0. The van der Waals surface area contributed by atoms with Crippen LogP contribution in [-0.2, 0) is 6.54 Å². The van der Waals surface area contributed by atoms with Crippen LogP contribution in [0.5, 0.6) is 0 Å². The Hall–Kier alpha value is -1.17. The van der Waals surface area contributed by atoms with Crippen LogP contribution in [-0.4, -0.2) is 43.8 Å². The molecule has 0 N–H and O–H groups in total. The van der Waals surface area contributed by atoms with Crippen molar-refractivity contribution in [3.8, 4) is 0 Å². The number of hydrogen-bond acceptors (Lipinski definition) is 1. The van der Waals surface area contributed by atoms with Crippen LogP contribution >= 0.6 is 0 Å². The van der Waals surface area contributed by atoms with Gasteiger partial charge in [-0.05, 0) is 57.9 Å². The summed E-state index contributed by atoms with van der Waals surface area (Å²) in [6.07, 6.45) is 10.0. The highest BCUT2D eigenvalue weighted by atomic mass is 79.9. The van der Waals surface area contributed by atoms with Crippen molar-refractivity contribution < 1.29 is 43.0 Å². The SMILES string of the molecule is CCN(CC)c1ccc(/C=C/c2cc[n+](CCC[N+](CC)(CC)CC)cc2)cc1.[Br-].[Br-]. The molecule has 3 nitrogen and oxygen atoms in total. The summed E-state index contributed by atoms with van der Waals surface area (Å²) in [7, 11) is 0. The van der Waals surface area contributed by atoms with Gasteiger partial charge >= 0.3 is 0 Å². The standard InChI is InChI=1S/C26H41N3.2BrH/c1-6-28(7-2)26-16-14-24(15-17-26)12-13-25-18-21-27(22-19-25)20-11-23-29(8-3,9-4)10-5;;/h12-19,21-22H,6-11,20,23H2,1-5H3;2*1H/q+2;;/p-2. The fourth-order valence-electron chi connectivity index (χ4n) is 4.04. The molecule has 2 rings (SSSR count). The molecule has 31 heavy (non-hydrogen) atoms. The zero-order valence-electron chi connectivity index (χ0n) is 20.0. The second-order valence-corrected chi connectivity index (χ2v) is 7.83. The Labute approximate surface area is 211 Å². The minimum atomic E-state index is 0. The summed E-state index contributed by atoms with van der Waals surface area (Å²) in [4.78, 5) is 2.37. The number of anilines is 1. The molecule has 0 saturated heterocycles. The lowest BCUT2D eigenvalue weighted by Crippen LogP contribution is -3.00. The largest absolute Gasteiger partial charge is 1.00 e. The van der Waals surface area contributed by atoms with Crippen LogP contribution in [0, 0.1) is 0 Å². The number of aromatic nitrogens is 1. The fraction of sp³-hybridized carbons (Fsp3) is 0.500. The Morgan fingerprint density at radius 3 is 1.68 bits per heavy atom. The molecule has 0 aliphatic heterocycles. The lowest BCUT2D eigenvalue weighted by Gasteiger charge is -2.35. The summed E-state index contributed by atoms with van der Waals surface area (Å²) in [5.41, 5.74) is 3.78. The number of aryl methyl sites for hydroxylation is 1. The van der Waals surface area contributed by atoms with Crippen molar-refractivity contribution in [3.63, 3.8) is 0 Å². The molecular formula is C26H41Br2N3. The quantitative estimate of drug-likeness (QED) is 0.248. The number of pyridine rings is 1. The molecule has 0 spiro atoms. The average molecular weight is 555 g/mol. The van der Waals surface area contributed by atoms with E-state index in [-0.39, 0.29) is 34.0 Å². The summed E-state index contributed by atoms with van der Waals surface area (Å²) >= 11 is 0. The minimum Gasteiger partial charge on any atom is -1.00 e. The van der Waals surface area contributed by atoms with Gasteiger partial charge in [-0.3, -0.25) is 0 Å². The molecule has 1 aromatic carbocycles. The maximum Gasteiger partial charge on any atom is 0.169 e. The van der Waals surface area contributed by atoms with Crippen molar-refractivity contribution in [2.24, 2.45) is 0 Å². The Balaban J connectivity index is 0.00000450. The molecule has 0 atom stereocenters. The molecule has 1 aromatic heterocycles. The summed E-state index contributed by atoms with van der Waals surface area (Å²) in [6, 6.07) is 13.3. The highest BCUT2D eigenvalue weighted by Gasteiger charge is 2.20. The molecule has 0 unspecified atom stereocenters. The number of rotatable bonds is 12. The van der Waals surface area contributed by atoms with Crippen molar-refractivity contribution in [2.45, 2.75) is 47.6 Å². The molecule has 174 valence electrons. The van der Waals surface area contributed by atoms with E-state index in [0.29, 0.717) is 0 Å². The zero-order valence-corrected chi connectivity index (χ0v) is 23.2. The van der Waals surface area contributed by atoms with Gasteiger partial charge in [-0.1, -0.05) is 24.3 Å². The zero-order chi connectivity index (χ0) is 21.1. The van der Waals surface area contributed by atoms with Crippen molar-refractivity contribution >= 4 is 17.8 Å². The van der Waals surface area contributed by atoms with Gasteiger partial charge in [0, 0.05) is 30.9 Å². The molecule has 0 aliphatic rings. The van der Waals surface area contributed by atoms with Gasteiger partial charge in [-0.25, -0.2) is 4.57 Å². The van der Waals surface area contributed by atoms with Gasteiger partial charge in [0.2, 0.25) is 0 Å². The highest BCUT2D eigenvalue weighted by molar-refractivity contribution is 5.70. The number of quaternary nitrogens is 1. The lowest BCUT2D eigenvalue weighted by molar-refractivity contribution is -0.925. The molecule has 5 heteroatoms. The maximum atomic E-state index is 2.37. The fourth-order valence-corrected chi connectivity index (χ4v) is 4.04. The number of hydrogen-bond donors (Lipinski definition) is 0. The molecule has 0 amide bonds. The molecular weight excluding hydrogens is 514 g/mol. The predicted molar refractivity (Wildman–Crippen MR) is 127 cm³/mol.